The molecule has 1 aromatic carbocycles. The lowest BCUT2D eigenvalue weighted by molar-refractivity contribution is 0.0600. The van der Waals surface area contributed by atoms with E-state index in [4.69, 9.17) is 0 Å². The molecule has 0 saturated carbocycles. The number of methoxy groups -OCH3 is 1. The van der Waals surface area contributed by atoms with Gasteiger partial charge in [-0.2, -0.15) is 5.10 Å². The number of sulfonamides is 1. The van der Waals surface area contributed by atoms with Crippen molar-refractivity contribution in [2.24, 2.45) is 0 Å². The van der Waals surface area contributed by atoms with E-state index in [2.05, 4.69) is 19.7 Å². The van der Waals surface area contributed by atoms with Crippen LogP contribution in [0.4, 0.5) is 0 Å². The molecule has 0 unspecified atom stereocenters. The van der Waals surface area contributed by atoms with Crippen LogP contribution in [0.25, 0.3) is 0 Å². The maximum absolute atomic E-state index is 11.9. The molecule has 0 fully saturated rings. The van der Waals surface area contributed by atoms with Gasteiger partial charge in [0.05, 0.1) is 24.6 Å². The molecule has 2 rings (SSSR count). The highest BCUT2D eigenvalue weighted by Crippen LogP contribution is 2.09. The smallest absolute Gasteiger partial charge is 0.337 e. The molecule has 1 aromatic heterocycles. The molecule has 0 atom stereocenters. The number of aromatic amines is 1. The number of esters is 1. The number of aromatic nitrogens is 2. The van der Waals surface area contributed by atoms with Gasteiger partial charge in [0.15, 0.2) is 0 Å². The number of H-pyrrole nitrogens is 1. The summed E-state index contributed by atoms with van der Waals surface area (Å²) >= 11 is 0. The molecule has 8 heteroatoms. The molecule has 0 bridgehead atoms. The molecular formula is C13H15N3O4S. The molecule has 0 amide bonds. The SMILES string of the molecule is COC(=O)c1ccc(CS(=O)(=O)NCc2cn[nH]c2)cc1. The number of ether oxygens (including phenoxy) is 1. The first-order chi connectivity index (χ1) is 10.00. The number of hydrogen-bond acceptors (Lipinski definition) is 5. The Labute approximate surface area is 122 Å². The quantitative estimate of drug-likeness (QED) is 0.769. The van der Waals surface area contributed by atoms with Crippen LogP contribution < -0.4 is 4.72 Å². The summed E-state index contributed by atoms with van der Waals surface area (Å²) in [5.74, 6) is -0.616. The predicted octanol–water partition coefficient (Wildman–Crippen LogP) is 0.816. The zero-order valence-electron chi connectivity index (χ0n) is 11.4. The summed E-state index contributed by atoms with van der Waals surface area (Å²) in [5, 5.41) is 6.35. The highest BCUT2D eigenvalue weighted by atomic mass is 32.2. The van der Waals surface area contributed by atoms with Gasteiger partial charge in [0.2, 0.25) is 10.0 Å². The normalized spacial score (nSPS) is 11.3. The number of hydrogen-bond donors (Lipinski definition) is 2. The minimum Gasteiger partial charge on any atom is -0.465 e. The molecule has 0 aliphatic heterocycles. The van der Waals surface area contributed by atoms with Crippen molar-refractivity contribution < 1.29 is 17.9 Å². The highest BCUT2D eigenvalue weighted by molar-refractivity contribution is 7.88. The Morgan fingerprint density at radius 1 is 1.29 bits per heavy atom. The summed E-state index contributed by atoms with van der Waals surface area (Å²) in [7, 11) is -2.17. The van der Waals surface area contributed by atoms with Gasteiger partial charge in [-0.1, -0.05) is 12.1 Å². The lowest BCUT2D eigenvalue weighted by Gasteiger charge is -2.06. The van der Waals surface area contributed by atoms with Crippen LogP contribution in [0, 0.1) is 0 Å². The standard InChI is InChI=1S/C13H15N3O4S/c1-20-13(17)12-4-2-10(3-5-12)9-21(18,19)16-8-11-6-14-15-7-11/h2-7,16H,8-9H2,1H3,(H,14,15). The zero-order chi connectivity index (χ0) is 15.3. The molecular weight excluding hydrogens is 294 g/mol. The second kappa shape index (κ2) is 6.51. The maximum atomic E-state index is 11.9. The van der Waals surface area contributed by atoms with E-state index in [1.807, 2.05) is 0 Å². The molecule has 0 radical (unpaired) electrons. The minimum atomic E-state index is -3.46. The van der Waals surface area contributed by atoms with Gasteiger partial charge in [0.25, 0.3) is 0 Å². The van der Waals surface area contributed by atoms with Crippen LogP contribution in [0.3, 0.4) is 0 Å². The van der Waals surface area contributed by atoms with Crippen molar-refractivity contribution >= 4 is 16.0 Å². The second-order valence-electron chi connectivity index (χ2n) is 4.38. The van der Waals surface area contributed by atoms with Crippen LogP contribution in [0.1, 0.15) is 21.5 Å². The Hall–Kier alpha value is -2.19. The van der Waals surface area contributed by atoms with Crippen molar-refractivity contribution in [3.8, 4) is 0 Å². The van der Waals surface area contributed by atoms with E-state index in [1.54, 1.807) is 24.5 Å². The van der Waals surface area contributed by atoms with Gasteiger partial charge < -0.3 is 4.74 Å². The fraction of sp³-hybridized carbons (Fsp3) is 0.231. The van der Waals surface area contributed by atoms with Gasteiger partial charge in [-0.05, 0) is 17.7 Å². The zero-order valence-corrected chi connectivity index (χ0v) is 12.2. The van der Waals surface area contributed by atoms with Gasteiger partial charge in [-0.15, -0.1) is 0 Å². The minimum absolute atomic E-state index is 0.160. The van der Waals surface area contributed by atoms with E-state index in [9.17, 15) is 13.2 Å². The van der Waals surface area contributed by atoms with Crippen molar-refractivity contribution in [3.05, 3.63) is 53.3 Å². The first kappa shape index (κ1) is 15.2. The molecule has 21 heavy (non-hydrogen) atoms. The molecule has 112 valence electrons. The Morgan fingerprint density at radius 3 is 2.57 bits per heavy atom. The van der Waals surface area contributed by atoms with Gasteiger partial charge in [0.1, 0.15) is 0 Å². The summed E-state index contributed by atoms with van der Waals surface area (Å²) in [5.41, 5.74) is 1.71. The number of nitrogens with zero attached hydrogens (tertiary/aromatic N) is 1. The van der Waals surface area contributed by atoms with Crippen LogP contribution >= 0.6 is 0 Å². The lowest BCUT2D eigenvalue weighted by atomic mass is 10.1. The highest BCUT2D eigenvalue weighted by Gasteiger charge is 2.12. The predicted molar refractivity (Wildman–Crippen MR) is 75.8 cm³/mol. The van der Waals surface area contributed by atoms with E-state index in [0.29, 0.717) is 11.1 Å². The van der Waals surface area contributed by atoms with Gasteiger partial charge >= 0.3 is 5.97 Å². The van der Waals surface area contributed by atoms with E-state index in [1.165, 1.54) is 19.2 Å². The van der Waals surface area contributed by atoms with E-state index in [0.717, 1.165) is 5.56 Å². The number of carbonyl (C=O) groups is 1. The number of rotatable bonds is 6. The van der Waals surface area contributed by atoms with Crippen molar-refractivity contribution in [1.82, 2.24) is 14.9 Å². The van der Waals surface area contributed by atoms with Crippen molar-refractivity contribution in [2.45, 2.75) is 12.3 Å². The van der Waals surface area contributed by atoms with Crippen LogP contribution in [-0.2, 0) is 27.1 Å². The first-order valence-corrected chi connectivity index (χ1v) is 7.77. The molecule has 0 saturated heterocycles. The second-order valence-corrected chi connectivity index (χ2v) is 6.18. The molecule has 0 spiro atoms. The van der Waals surface area contributed by atoms with Crippen molar-refractivity contribution in [3.63, 3.8) is 0 Å². The fourth-order valence-electron chi connectivity index (χ4n) is 1.69. The summed E-state index contributed by atoms with van der Waals surface area (Å²) in [4.78, 5) is 11.3. The van der Waals surface area contributed by atoms with E-state index >= 15 is 0 Å². The third-order valence-corrected chi connectivity index (χ3v) is 4.08. The monoisotopic (exact) mass is 309 g/mol. The van der Waals surface area contributed by atoms with Gasteiger partial charge in [-0.25, -0.2) is 17.9 Å². The summed E-state index contributed by atoms with van der Waals surface area (Å²) in [6.07, 6.45) is 3.17. The van der Waals surface area contributed by atoms with Crippen LogP contribution in [-0.4, -0.2) is 31.7 Å². The fourth-order valence-corrected chi connectivity index (χ4v) is 2.81. The topological polar surface area (TPSA) is 101 Å². The van der Waals surface area contributed by atoms with Crippen LogP contribution in [0.5, 0.6) is 0 Å². The number of nitrogens with one attached hydrogen (secondary N) is 2. The Bertz CT molecular complexity index is 694. The number of carbonyl (C=O) groups excluding carboxylic acids is 1. The van der Waals surface area contributed by atoms with Gasteiger partial charge in [-0.3, -0.25) is 5.10 Å². The largest absolute Gasteiger partial charge is 0.465 e. The van der Waals surface area contributed by atoms with Crippen molar-refractivity contribution in [1.29, 1.82) is 0 Å². The van der Waals surface area contributed by atoms with Crippen molar-refractivity contribution in [2.75, 3.05) is 7.11 Å². The number of benzene rings is 1. The first-order valence-electron chi connectivity index (χ1n) is 6.12. The van der Waals surface area contributed by atoms with Crippen LogP contribution in [0.2, 0.25) is 0 Å². The Morgan fingerprint density at radius 2 is 2.00 bits per heavy atom. The lowest BCUT2D eigenvalue weighted by Crippen LogP contribution is -2.24. The molecule has 0 aliphatic carbocycles. The third-order valence-electron chi connectivity index (χ3n) is 2.78. The van der Waals surface area contributed by atoms with Crippen LogP contribution in [0.15, 0.2) is 36.7 Å². The molecule has 0 aliphatic rings. The van der Waals surface area contributed by atoms with Gasteiger partial charge in [0, 0.05) is 18.3 Å². The maximum Gasteiger partial charge on any atom is 0.337 e. The molecule has 1 heterocycles. The van der Waals surface area contributed by atoms with E-state index < -0.39 is 16.0 Å². The third kappa shape index (κ3) is 4.40. The summed E-state index contributed by atoms with van der Waals surface area (Å²) in [6.45, 7) is 0.180. The summed E-state index contributed by atoms with van der Waals surface area (Å²) < 4.78 is 30.9. The Kier molecular flexibility index (Phi) is 4.71. The van der Waals surface area contributed by atoms with E-state index in [-0.39, 0.29) is 12.3 Å². The molecule has 7 nitrogen and oxygen atoms in total. The average Bonchev–Trinajstić information content (AvgIpc) is 2.98. The molecule has 2 N–H and O–H groups in total. The molecule has 2 aromatic rings. The average molecular weight is 309 g/mol. The Balaban J connectivity index is 1.98. The summed E-state index contributed by atoms with van der Waals surface area (Å²) in [6, 6.07) is 6.24.